The predicted molar refractivity (Wildman–Crippen MR) is 155 cm³/mol. The second kappa shape index (κ2) is 13.9. The highest BCUT2D eigenvalue weighted by atomic mass is 16.2. The van der Waals surface area contributed by atoms with Gasteiger partial charge in [0.25, 0.3) is 0 Å². The Balaban J connectivity index is 0.000000230. The van der Waals surface area contributed by atoms with Gasteiger partial charge in [-0.05, 0) is 59.9 Å². The molecule has 214 valence electrons. The molecule has 5 amide bonds. The number of carbonyl (C=O) groups excluding carboxylic acids is 5. The van der Waals surface area contributed by atoms with Crippen molar-refractivity contribution >= 4 is 41.4 Å². The zero-order chi connectivity index (χ0) is 29.4. The van der Waals surface area contributed by atoms with E-state index < -0.39 is 11.9 Å². The van der Waals surface area contributed by atoms with Crippen molar-refractivity contribution in [2.45, 2.75) is 83.6 Å². The van der Waals surface area contributed by atoms with Gasteiger partial charge in [0.05, 0.1) is 17.3 Å². The van der Waals surface area contributed by atoms with Crippen molar-refractivity contribution < 1.29 is 24.0 Å². The Kier molecular flexibility index (Phi) is 10.6. The molecular weight excluding hydrogens is 508 g/mol. The van der Waals surface area contributed by atoms with E-state index in [9.17, 15) is 24.0 Å². The SMILES string of the molecule is CC(C)c1ccc(C2CCC(=O)NC2=O)cc1.CCC(C)c1ccc(N(C=O)C2CCC(=O)NC2=O)c(NC)c1. The Morgan fingerprint density at radius 2 is 1.50 bits per heavy atom. The average molecular weight is 549 g/mol. The number of rotatable bonds is 8. The van der Waals surface area contributed by atoms with Gasteiger partial charge in [0.2, 0.25) is 30.0 Å². The van der Waals surface area contributed by atoms with Crippen molar-refractivity contribution in [2.24, 2.45) is 0 Å². The number of nitrogens with one attached hydrogen (secondary N) is 3. The highest BCUT2D eigenvalue weighted by Crippen LogP contribution is 2.32. The fraction of sp³-hybridized carbons (Fsp3) is 0.452. The van der Waals surface area contributed by atoms with Crippen LogP contribution in [0.4, 0.5) is 11.4 Å². The van der Waals surface area contributed by atoms with E-state index in [1.807, 2.05) is 30.3 Å². The molecule has 4 rings (SSSR count). The van der Waals surface area contributed by atoms with E-state index in [4.69, 9.17) is 0 Å². The maximum Gasteiger partial charge on any atom is 0.249 e. The average Bonchev–Trinajstić information content (AvgIpc) is 2.94. The third-order valence-corrected chi connectivity index (χ3v) is 7.65. The van der Waals surface area contributed by atoms with Crippen LogP contribution in [0.25, 0.3) is 0 Å². The van der Waals surface area contributed by atoms with Crippen molar-refractivity contribution in [1.82, 2.24) is 10.6 Å². The smallest absolute Gasteiger partial charge is 0.249 e. The molecule has 3 N–H and O–H groups in total. The molecule has 0 aliphatic carbocycles. The van der Waals surface area contributed by atoms with Crippen LogP contribution in [0, 0.1) is 0 Å². The minimum atomic E-state index is -0.660. The van der Waals surface area contributed by atoms with Crippen LogP contribution in [-0.2, 0) is 24.0 Å². The molecule has 2 aliphatic heterocycles. The summed E-state index contributed by atoms with van der Waals surface area (Å²) in [7, 11) is 1.78. The van der Waals surface area contributed by atoms with Crippen LogP contribution >= 0.6 is 0 Å². The van der Waals surface area contributed by atoms with Gasteiger partial charge in [0.1, 0.15) is 6.04 Å². The molecule has 0 saturated carbocycles. The van der Waals surface area contributed by atoms with Crippen LogP contribution in [-0.4, -0.2) is 43.1 Å². The lowest BCUT2D eigenvalue weighted by atomic mass is 9.89. The second-order valence-corrected chi connectivity index (χ2v) is 10.6. The molecule has 2 aliphatic rings. The van der Waals surface area contributed by atoms with Crippen LogP contribution < -0.4 is 20.9 Å². The first-order valence-electron chi connectivity index (χ1n) is 13.9. The molecule has 2 fully saturated rings. The number of anilines is 2. The minimum absolute atomic E-state index is 0.162. The number of hydrogen-bond donors (Lipinski definition) is 3. The molecular formula is C31H40N4O5. The van der Waals surface area contributed by atoms with Crippen LogP contribution in [0.2, 0.25) is 0 Å². The standard InChI is InChI=1S/C17H23N3O3.C14H17NO2/c1-4-11(2)12-5-6-14(13(9-12)18-3)20(10-21)15-7-8-16(22)19-17(15)23;1-9(2)10-3-5-11(6-4-10)12-7-8-13(16)15-14(12)17/h5-6,9-11,15,18H,4,7-8H2,1-3H3,(H,19,22,23);3-6,9,12H,7-8H2,1-2H3,(H,15,16,17). The van der Waals surface area contributed by atoms with Crippen LogP contribution in [0.15, 0.2) is 42.5 Å². The molecule has 2 aromatic rings. The zero-order valence-corrected chi connectivity index (χ0v) is 24.0. The number of nitrogens with zero attached hydrogens (tertiary/aromatic N) is 1. The van der Waals surface area contributed by atoms with E-state index in [2.05, 4.69) is 55.8 Å². The molecule has 2 saturated heterocycles. The van der Waals surface area contributed by atoms with Crippen LogP contribution in [0.3, 0.4) is 0 Å². The zero-order valence-electron chi connectivity index (χ0n) is 24.0. The van der Waals surface area contributed by atoms with Gasteiger partial charge in [-0.15, -0.1) is 0 Å². The van der Waals surface area contributed by atoms with Crippen molar-refractivity contribution in [3.8, 4) is 0 Å². The van der Waals surface area contributed by atoms with Gasteiger partial charge in [-0.2, -0.15) is 0 Å². The first-order valence-corrected chi connectivity index (χ1v) is 13.9. The van der Waals surface area contributed by atoms with Gasteiger partial charge in [-0.3, -0.25) is 34.6 Å². The topological polar surface area (TPSA) is 125 Å². The van der Waals surface area contributed by atoms with Crippen LogP contribution in [0.1, 0.15) is 94.2 Å². The summed E-state index contributed by atoms with van der Waals surface area (Å²) in [5.41, 5.74) is 4.87. The highest BCUT2D eigenvalue weighted by Gasteiger charge is 2.33. The van der Waals surface area contributed by atoms with Crippen molar-refractivity contribution in [3.05, 3.63) is 59.2 Å². The monoisotopic (exact) mass is 548 g/mol. The predicted octanol–water partition coefficient (Wildman–Crippen LogP) is 4.34. The number of benzene rings is 2. The summed E-state index contributed by atoms with van der Waals surface area (Å²) < 4.78 is 0. The number of hydrogen-bond acceptors (Lipinski definition) is 6. The molecule has 3 unspecified atom stereocenters. The molecule has 0 spiro atoms. The lowest BCUT2D eigenvalue weighted by Crippen LogP contribution is -2.52. The summed E-state index contributed by atoms with van der Waals surface area (Å²) in [6.45, 7) is 8.55. The summed E-state index contributed by atoms with van der Waals surface area (Å²) >= 11 is 0. The third kappa shape index (κ3) is 7.34. The Bertz CT molecular complexity index is 1240. The Morgan fingerprint density at radius 3 is 2.02 bits per heavy atom. The highest BCUT2D eigenvalue weighted by molar-refractivity contribution is 6.04. The van der Waals surface area contributed by atoms with Gasteiger partial charge in [0, 0.05) is 19.9 Å². The quantitative estimate of drug-likeness (QED) is 0.333. The Hall–Kier alpha value is -4.01. The maximum atomic E-state index is 12.0. The Morgan fingerprint density at radius 1 is 0.900 bits per heavy atom. The molecule has 0 aromatic heterocycles. The first kappa shape index (κ1) is 30.5. The van der Waals surface area contributed by atoms with E-state index in [1.165, 1.54) is 16.0 Å². The summed E-state index contributed by atoms with van der Waals surface area (Å²) in [6, 6.07) is 13.3. The first-order chi connectivity index (χ1) is 19.1. The summed E-state index contributed by atoms with van der Waals surface area (Å²) in [6.07, 6.45) is 3.29. The van der Waals surface area contributed by atoms with E-state index in [0.29, 0.717) is 43.2 Å². The fourth-order valence-corrected chi connectivity index (χ4v) is 4.89. The molecule has 0 radical (unpaired) electrons. The summed E-state index contributed by atoms with van der Waals surface area (Å²) in [4.78, 5) is 59.1. The van der Waals surface area contributed by atoms with Crippen LogP contribution in [0.5, 0.6) is 0 Å². The lowest BCUT2D eigenvalue weighted by molar-refractivity contribution is -0.136. The number of imide groups is 2. The van der Waals surface area contributed by atoms with Crippen molar-refractivity contribution in [3.63, 3.8) is 0 Å². The number of piperidine rings is 2. The lowest BCUT2D eigenvalue weighted by Gasteiger charge is -2.31. The summed E-state index contributed by atoms with van der Waals surface area (Å²) in [5.74, 6) is -0.320. The minimum Gasteiger partial charge on any atom is -0.386 e. The van der Waals surface area contributed by atoms with Gasteiger partial charge < -0.3 is 10.2 Å². The Labute approximate surface area is 236 Å². The van der Waals surface area contributed by atoms with E-state index in [0.717, 1.165) is 17.7 Å². The molecule has 2 aromatic carbocycles. The molecule has 0 bridgehead atoms. The number of carbonyl (C=O) groups is 5. The fourth-order valence-electron chi connectivity index (χ4n) is 4.89. The normalized spacial score (nSPS) is 19.6. The molecule has 9 heteroatoms. The maximum absolute atomic E-state index is 12.0. The van der Waals surface area contributed by atoms with E-state index in [1.54, 1.807) is 7.05 Å². The van der Waals surface area contributed by atoms with Gasteiger partial charge >= 0.3 is 0 Å². The van der Waals surface area contributed by atoms with Gasteiger partial charge in [-0.1, -0.05) is 58.0 Å². The van der Waals surface area contributed by atoms with E-state index in [-0.39, 0.29) is 30.1 Å². The van der Waals surface area contributed by atoms with Crippen molar-refractivity contribution in [2.75, 3.05) is 17.3 Å². The largest absolute Gasteiger partial charge is 0.386 e. The van der Waals surface area contributed by atoms with Gasteiger partial charge in [0.15, 0.2) is 0 Å². The number of amides is 5. The van der Waals surface area contributed by atoms with Crippen molar-refractivity contribution in [1.29, 1.82) is 0 Å². The van der Waals surface area contributed by atoms with Gasteiger partial charge in [-0.25, -0.2) is 0 Å². The molecule has 9 nitrogen and oxygen atoms in total. The van der Waals surface area contributed by atoms with E-state index >= 15 is 0 Å². The molecule has 3 atom stereocenters. The second-order valence-electron chi connectivity index (χ2n) is 10.6. The summed E-state index contributed by atoms with van der Waals surface area (Å²) in [5, 5.41) is 7.77. The molecule has 2 heterocycles. The third-order valence-electron chi connectivity index (χ3n) is 7.65. The molecule has 40 heavy (non-hydrogen) atoms.